The predicted octanol–water partition coefficient (Wildman–Crippen LogP) is 6.43. The maximum atomic E-state index is 12.8. The lowest BCUT2D eigenvalue weighted by molar-refractivity contribution is 0.103. The van der Waals surface area contributed by atoms with E-state index in [1.54, 1.807) is 0 Å². The van der Waals surface area contributed by atoms with Gasteiger partial charge in [-0.1, -0.05) is 79.4 Å². The molecule has 1 saturated carbocycles. The lowest BCUT2D eigenvalue weighted by Gasteiger charge is -2.22. The Kier molecular flexibility index (Phi) is 4.40. The van der Waals surface area contributed by atoms with Gasteiger partial charge in [0.15, 0.2) is 5.78 Å². The molecular weight excluding hydrogens is 304 g/mol. The van der Waals surface area contributed by atoms with Crippen LogP contribution in [0.1, 0.15) is 65.1 Å². The van der Waals surface area contributed by atoms with Gasteiger partial charge in [-0.2, -0.15) is 0 Å². The molecule has 1 fully saturated rings. The molecule has 0 atom stereocenters. The molecule has 0 amide bonds. The van der Waals surface area contributed by atoms with Crippen molar-refractivity contribution in [2.75, 3.05) is 0 Å². The summed E-state index contributed by atoms with van der Waals surface area (Å²) >= 11 is 0. The highest BCUT2D eigenvalue weighted by Crippen LogP contribution is 2.32. The minimum Gasteiger partial charge on any atom is -0.289 e. The average molecular weight is 328 g/mol. The van der Waals surface area contributed by atoms with Gasteiger partial charge in [-0.3, -0.25) is 4.79 Å². The molecule has 1 nitrogen and oxygen atoms in total. The van der Waals surface area contributed by atoms with Gasteiger partial charge in [0.1, 0.15) is 0 Å². The molecule has 0 spiro atoms. The molecular formula is C24H24O. The zero-order valence-electron chi connectivity index (χ0n) is 14.8. The summed E-state index contributed by atoms with van der Waals surface area (Å²) in [6.45, 7) is 2.09. The van der Waals surface area contributed by atoms with E-state index in [1.807, 2.05) is 30.3 Å². The Labute approximate surface area is 149 Å². The van der Waals surface area contributed by atoms with Gasteiger partial charge in [0.05, 0.1) is 0 Å². The van der Waals surface area contributed by atoms with E-state index in [9.17, 15) is 4.79 Å². The summed E-state index contributed by atoms with van der Waals surface area (Å²) in [6, 6.07) is 20.7. The predicted molar refractivity (Wildman–Crippen MR) is 104 cm³/mol. The van der Waals surface area contributed by atoms with Crippen LogP contribution >= 0.6 is 0 Å². The van der Waals surface area contributed by atoms with Crippen LogP contribution in [0, 0.1) is 6.92 Å². The summed E-state index contributed by atoms with van der Waals surface area (Å²) in [5.74, 6) is 0.791. The number of carbonyl (C=O) groups excluding carboxylic acids is 1. The van der Waals surface area contributed by atoms with Crippen molar-refractivity contribution in [2.24, 2.45) is 0 Å². The van der Waals surface area contributed by atoms with Crippen LogP contribution in [0.15, 0.2) is 60.7 Å². The Morgan fingerprint density at radius 2 is 1.40 bits per heavy atom. The van der Waals surface area contributed by atoms with Crippen molar-refractivity contribution in [1.29, 1.82) is 0 Å². The Bertz CT molecular complexity index is 899. The molecule has 0 unspecified atom stereocenters. The van der Waals surface area contributed by atoms with Gasteiger partial charge in [0.25, 0.3) is 0 Å². The molecule has 1 heteroatoms. The molecule has 3 aromatic rings. The summed E-state index contributed by atoms with van der Waals surface area (Å²) in [4.78, 5) is 12.8. The highest BCUT2D eigenvalue weighted by Gasteiger charge is 2.16. The Morgan fingerprint density at radius 3 is 2.16 bits per heavy atom. The number of aryl methyl sites for hydroxylation is 1. The molecule has 0 N–H and O–H groups in total. The molecule has 126 valence electrons. The SMILES string of the molecule is Cc1ccc2cc(C(=O)c3ccc(C4CCCCC4)cc3)ccc2c1. The first kappa shape index (κ1) is 16.1. The fraction of sp³-hybridized carbons (Fsp3) is 0.292. The first-order valence-electron chi connectivity index (χ1n) is 9.36. The van der Waals surface area contributed by atoms with Gasteiger partial charge < -0.3 is 0 Å². The molecule has 25 heavy (non-hydrogen) atoms. The maximum Gasteiger partial charge on any atom is 0.193 e. The second kappa shape index (κ2) is 6.84. The van der Waals surface area contributed by atoms with Gasteiger partial charge in [-0.25, -0.2) is 0 Å². The number of fused-ring (bicyclic) bond motifs is 1. The van der Waals surface area contributed by atoms with E-state index in [0.29, 0.717) is 5.92 Å². The average Bonchev–Trinajstić information content (AvgIpc) is 2.68. The zero-order chi connectivity index (χ0) is 17.2. The minimum absolute atomic E-state index is 0.109. The van der Waals surface area contributed by atoms with Crippen LogP contribution in [0.3, 0.4) is 0 Å². The van der Waals surface area contributed by atoms with Gasteiger partial charge in [0.2, 0.25) is 0 Å². The number of carbonyl (C=O) groups is 1. The van der Waals surface area contributed by atoms with E-state index in [4.69, 9.17) is 0 Å². The Hall–Kier alpha value is -2.41. The molecule has 0 saturated heterocycles. The standard InChI is InChI=1S/C24H24O/c1-17-7-8-22-16-23(14-13-21(22)15-17)24(25)20-11-9-19(10-12-20)18-5-3-2-4-6-18/h7-16,18H,2-6H2,1H3. The largest absolute Gasteiger partial charge is 0.289 e. The van der Waals surface area contributed by atoms with Crippen molar-refractivity contribution in [3.8, 4) is 0 Å². The van der Waals surface area contributed by atoms with Crippen molar-refractivity contribution in [3.63, 3.8) is 0 Å². The van der Waals surface area contributed by atoms with Crippen molar-refractivity contribution < 1.29 is 4.79 Å². The molecule has 0 heterocycles. The van der Waals surface area contributed by atoms with Crippen LogP contribution in [0.25, 0.3) is 10.8 Å². The van der Waals surface area contributed by atoms with Gasteiger partial charge >= 0.3 is 0 Å². The molecule has 1 aliphatic rings. The van der Waals surface area contributed by atoms with Crippen molar-refractivity contribution in [1.82, 2.24) is 0 Å². The molecule has 0 aromatic heterocycles. The lowest BCUT2D eigenvalue weighted by atomic mass is 9.83. The van der Waals surface area contributed by atoms with Crippen LogP contribution in [-0.2, 0) is 0 Å². The summed E-state index contributed by atoms with van der Waals surface area (Å²) in [6.07, 6.45) is 6.62. The minimum atomic E-state index is 0.109. The van der Waals surface area contributed by atoms with E-state index < -0.39 is 0 Å². The second-order valence-electron chi connectivity index (χ2n) is 7.35. The van der Waals surface area contributed by atoms with Crippen LogP contribution < -0.4 is 0 Å². The first-order valence-corrected chi connectivity index (χ1v) is 9.36. The molecule has 0 aliphatic heterocycles. The number of ketones is 1. The van der Waals surface area contributed by atoms with Crippen LogP contribution in [0.5, 0.6) is 0 Å². The van der Waals surface area contributed by atoms with E-state index in [0.717, 1.165) is 16.5 Å². The van der Waals surface area contributed by atoms with Gasteiger partial charge in [-0.15, -0.1) is 0 Å². The molecule has 4 rings (SSSR count). The van der Waals surface area contributed by atoms with Crippen LogP contribution in [-0.4, -0.2) is 5.78 Å². The van der Waals surface area contributed by atoms with Crippen LogP contribution in [0.4, 0.5) is 0 Å². The Morgan fingerprint density at radius 1 is 0.760 bits per heavy atom. The van der Waals surface area contributed by atoms with Gasteiger partial charge in [-0.05, 0) is 48.1 Å². The van der Waals surface area contributed by atoms with E-state index in [2.05, 4.69) is 37.3 Å². The highest BCUT2D eigenvalue weighted by molar-refractivity contribution is 6.10. The number of hydrogen-bond donors (Lipinski definition) is 0. The lowest BCUT2D eigenvalue weighted by Crippen LogP contribution is -2.06. The number of rotatable bonds is 3. The van der Waals surface area contributed by atoms with Crippen LogP contribution in [0.2, 0.25) is 0 Å². The maximum absolute atomic E-state index is 12.8. The molecule has 0 radical (unpaired) electrons. The van der Waals surface area contributed by atoms with Crippen molar-refractivity contribution in [3.05, 3.63) is 82.9 Å². The summed E-state index contributed by atoms with van der Waals surface area (Å²) < 4.78 is 0. The van der Waals surface area contributed by atoms with E-state index in [-0.39, 0.29) is 5.78 Å². The third-order valence-corrected chi connectivity index (χ3v) is 5.51. The monoisotopic (exact) mass is 328 g/mol. The Balaban J connectivity index is 1.58. The van der Waals surface area contributed by atoms with Crippen molar-refractivity contribution >= 4 is 16.6 Å². The van der Waals surface area contributed by atoms with Crippen molar-refractivity contribution in [2.45, 2.75) is 44.9 Å². The van der Waals surface area contributed by atoms with Gasteiger partial charge in [0, 0.05) is 11.1 Å². The smallest absolute Gasteiger partial charge is 0.193 e. The third kappa shape index (κ3) is 3.37. The fourth-order valence-electron chi connectivity index (χ4n) is 4.02. The molecule has 1 aliphatic carbocycles. The molecule has 0 bridgehead atoms. The highest BCUT2D eigenvalue weighted by atomic mass is 16.1. The summed E-state index contributed by atoms with van der Waals surface area (Å²) in [7, 11) is 0. The summed E-state index contributed by atoms with van der Waals surface area (Å²) in [5.41, 5.74) is 4.18. The summed E-state index contributed by atoms with van der Waals surface area (Å²) in [5, 5.41) is 2.31. The van der Waals surface area contributed by atoms with E-state index in [1.165, 1.54) is 48.6 Å². The second-order valence-corrected chi connectivity index (χ2v) is 7.35. The molecule has 3 aromatic carbocycles. The zero-order valence-corrected chi connectivity index (χ0v) is 14.8. The number of benzene rings is 3. The fourth-order valence-corrected chi connectivity index (χ4v) is 4.02. The first-order chi connectivity index (χ1) is 12.2. The van der Waals surface area contributed by atoms with E-state index >= 15 is 0 Å². The topological polar surface area (TPSA) is 17.1 Å². The quantitative estimate of drug-likeness (QED) is 0.506. The third-order valence-electron chi connectivity index (χ3n) is 5.51. The number of hydrogen-bond acceptors (Lipinski definition) is 1. The normalized spacial score (nSPS) is 15.4.